The summed E-state index contributed by atoms with van der Waals surface area (Å²) >= 11 is 7.45. The van der Waals surface area contributed by atoms with Gasteiger partial charge in [-0.25, -0.2) is 4.98 Å². The van der Waals surface area contributed by atoms with Crippen molar-refractivity contribution in [1.29, 1.82) is 5.26 Å². The average Bonchev–Trinajstić information content (AvgIpc) is 2.50. The van der Waals surface area contributed by atoms with Crippen LogP contribution in [0.2, 0.25) is 5.02 Å². The maximum atomic E-state index is 12.1. The number of carbonyl (C=O) groups is 1. The summed E-state index contributed by atoms with van der Waals surface area (Å²) in [7, 11) is 0. The van der Waals surface area contributed by atoms with Crippen LogP contribution in [-0.4, -0.2) is 21.6 Å². The fraction of sp³-hybridized carbons (Fsp3) is 0.143. The van der Waals surface area contributed by atoms with Crippen molar-refractivity contribution < 1.29 is 4.79 Å². The Balaban J connectivity index is 2.16. The number of hydrogen-bond donors (Lipinski definition) is 1. The molecular weight excluding hydrogens is 308 g/mol. The summed E-state index contributed by atoms with van der Waals surface area (Å²) in [6.07, 6.45) is 4.78. The van der Waals surface area contributed by atoms with E-state index in [0.717, 1.165) is 4.90 Å². The minimum absolute atomic E-state index is 0.227. The molecule has 7 heteroatoms. The number of hydrogen-bond acceptors (Lipinski definition) is 5. The molecule has 1 amide bonds. The molecule has 0 atom stereocenters. The fourth-order valence-electron chi connectivity index (χ4n) is 1.54. The number of nitriles is 1. The van der Waals surface area contributed by atoms with Crippen LogP contribution in [0.1, 0.15) is 16.9 Å². The zero-order valence-corrected chi connectivity index (χ0v) is 12.5. The zero-order chi connectivity index (χ0) is 15.1. The molecule has 5 nitrogen and oxygen atoms in total. The molecule has 0 unspecified atom stereocenters. The van der Waals surface area contributed by atoms with Crippen LogP contribution in [0.3, 0.4) is 0 Å². The molecule has 0 spiro atoms. The molecule has 2 rings (SSSR count). The molecule has 0 fully saturated rings. The lowest BCUT2D eigenvalue weighted by Crippen LogP contribution is -2.14. The summed E-state index contributed by atoms with van der Waals surface area (Å²) < 4.78 is 0. The van der Waals surface area contributed by atoms with Gasteiger partial charge in [-0.2, -0.15) is 5.26 Å². The normalized spacial score (nSPS) is 9.90. The Hall–Kier alpha value is -2.10. The molecule has 1 heterocycles. The lowest BCUT2D eigenvalue weighted by molar-refractivity contribution is 0.102. The van der Waals surface area contributed by atoms with Crippen LogP contribution in [-0.2, 0) is 0 Å². The van der Waals surface area contributed by atoms with Crippen LogP contribution in [0.25, 0.3) is 0 Å². The quantitative estimate of drug-likeness (QED) is 0.675. The first-order valence-electron chi connectivity index (χ1n) is 6.07. The van der Waals surface area contributed by atoms with Gasteiger partial charge in [0.25, 0.3) is 5.91 Å². The number of rotatable bonds is 5. The van der Waals surface area contributed by atoms with Crippen LogP contribution in [0, 0.1) is 11.3 Å². The van der Waals surface area contributed by atoms with Gasteiger partial charge in [-0.1, -0.05) is 11.6 Å². The van der Waals surface area contributed by atoms with Gasteiger partial charge in [0, 0.05) is 34.5 Å². The third-order valence-corrected chi connectivity index (χ3v) is 3.77. The van der Waals surface area contributed by atoms with E-state index in [1.807, 2.05) is 6.07 Å². The van der Waals surface area contributed by atoms with E-state index < -0.39 is 0 Å². The third-order valence-electron chi connectivity index (χ3n) is 2.46. The van der Waals surface area contributed by atoms with E-state index in [9.17, 15) is 4.79 Å². The first kappa shape index (κ1) is 15.3. The van der Waals surface area contributed by atoms with Gasteiger partial charge in [0.05, 0.1) is 18.0 Å². The molecule has 21 heavy (non-hydrogen) atoms. The van der Waals surface area contributed by atoms with Crippen molar-refractivity contribution in [2.75, 3.05) is 11.1 Å². The van der Waals surface area contributed by atoms with Crippen LogP contribution in [0.4, 0.5) is 5.69 Å². The lowest BCUT2D eigenvalue weighted by atomic mass is 10.3. The number of nitrogens with zero attached hydrogens (tertiary/aromatic N) is 3. The number of carbonyl (C=O) groups excluding carboxylic acids is 1. The molecule has 0 saturated heterocycles. The molecule has 0 aliphatic rings. The number of aromatic nitrogens is 2. The van der Waals surface area contributed by atoms with Crippen LogP contribution in [0.5, 0.6) is 0 Å². The van der Waals surface area contributed by atoms with E-state index in [2.05, 4.69) is 21.4 Å². The van der Waals surface area contributed by atoms with Crippen molar-refractivity contribution >= 4 is 35.0 Å². The van der Waals surface area contributed by atoms with Crippen LogP contribution < -0.4 is 5.32 Å². The minimum Gasteiger partial charge on any atom is -0.320 e. The van der Waals surface area contributed by atoms with Crippen LogP contribution in [0.15, 0.2) is 41.7 Å². The molecule has 0 aliphatic heterocycles. The van der Waals surface area contributed by atoms with E-state index in [0.29, 0.717) is 22.9 Å². The predicted molar refractivity (Wildman–Crippen MR) is 82.4 cm³/mol. The Labute approximate surface area is 131 Å². The summed E-state index contributed by atoms with van der Waals surface area (Å²) in [5.41, 5.74) is 0.826. The molecule has 0 saturated carbocycles. The summed E-state index contributed by atoms with van der Waals surface area (Å²) in [4.78, 5) is 20.7. The molecule has 2 aromatic rings. The molecule has 0 aliphatic carbocycles. The predicted octanol–water partition coefficient (Wildman–Crippen LogP) is 3.39. The van der Waals surface area contributed by atoms with Gasteiger partial charge in [0.1, 0.15) is 5.69 Å². The number of thioether (sulfide) groups is 1. The van der Waals surface area contributed by atoms with Crippen molar-refractivity contribution in [3.8, 4) is 6.07 Å². The summed E-state index contributed by atoms with van der Waals surface area (Å²) in [5.74, 6) is 0.291. The second kappa shape index (κ2) is 7.62. The largest absolute Gasteiger partial charge is 0.320 e. The topological polar surface area (TPSA) is 78.7 Å². The van der Waals surface area contributed by atoms with Crippen molar-refractivity contribution in [3.63, 3.8) is 0 Å². The van der Waals surface area contributed by atoms with Crippen molar-refractivity contribution in [2.45, 2.75) is 11.3 Å². The standard InChI is InChI=1S/C14H11ClN4OS/c15-10-2-3-13(21-7-1-4-16)11(8-10)19-14(20)12-9-17-5-6-18-12/h2-3,5-6,8-9H,1,7H2,(H,19,20). The lowest BCUT2D eigenvalue weighted by Gasteiger charge is -2.10. The van der Waals surface area contributed by atoms with Gasteiger partial charge >= 0.3 is 0 Å². The summed E-state index contributed by atoms with van der Waals surface area (Å²) in [6.45, 7) is 0. The third kappa shape index (κ3) is 4.45. The Morgan fingerprint density at radius 2 is 2.29 bits per heavy atom. The molecule has 106 valence electrons. The van der Waals surface area contributed by atoms with E-state index in [1.165, 1.54) is 30.4 Å². The SMILES string of the molecule is N#CCCSc1ccc(Cl)cc1NC(=O)c1cnccn1. The van der Waals surface area contributed by atoms with Gasteiger partial charge in [-0.3, -0.25) is 9.78 Å². The van der Waals surface area contributed by atoms with E-state index in [1.54, 1.807) is 12.1 Å². The van der Waals surface area contributed by atoms with E-state index in [4.69, 9.17) is 16.9 Å². The molecule has 1 N–H and O–H groups in total. The zero-order valence-electron chi connectivity index (χ0n) is 10.9. The van der Waals surface area contributed by atoms with Crippen molar-refractivity contribution in [2.24, 2.45) is 0 Å². The van der Waals surface area contributed by atoms with E-state index >= 15 is 0 Å². The number of nitrogens with one attached hydrogen (secondary N) is 1. The first-order valence-corrected chi connectivity index (χ1v) is 7.43. The van der Waals surface area contributed by atoms with E-state index in [-0.39, 0.29) is 11.6 Å². The maximum Gasteiger partial charge on any atom is 0.275 e. The minimum atomic E-state index is -0.354. The highest BCUT2D eigenvalue weighted by atomic mass is 35.5. The monoisotopic (exact) mass is 318 g/mol. The van der Waals surface area contributed by atoms with Gasteiger partial charge in [-0.05, 0) is 18.2 Å². The maximum absolute atomic E-state index is 12.1. The van der Waals surface area contributed by atoms with Gasteiger partial charge in [0.2, 0.25) is 0 Å². The van der Waals surface area contributed by atoms with Gasteiger partial charge < -0.3 is 5.32 Å². The summed E-state index contributed by atoms with van der Waals surface area (Å²) in [6, 6.07) is 7.31. The number of benzene rings is 1. The number of anilines is 1. The van der Waals surface area contributed by atoms with Crippen molar-refractivity contribution in [3.05, 3.63) is 47.5 Å². The molecule has 1 aromatic heterocycles. The van der Waals surface area contributed by atoms with Gasteiger partial charge in [-0.15, -0.1) is 11.8 Å². The molecule has 0 bridgehead atoms. The van der Waals surface area contributed by atoms with Crippen LogP contribution >= 0.6 is 23.4 Å². The second-order valence-corrected chi connectivity index (χ2v) is 5.52. The van der Waals surface area contributed by atoms with Gasteiger partial charge in [0.15, 0.2) is 0 Å². The number of halogens is 1. The molecule has 0 radical (unpaired) electrons. The number of amides is 1. The highest BCUT2D eigenvalue weighted by molar-refractivity contribution is 7.99. The fourth-order valence-corrected chi connectivity index (χ4v) is 2.55. The highest BCUT2D eigenvalue weighted by Crippen LogP contribution is 2.30. The Morgan fingerprint density at radius 1 is 1.43 bits per heavy atom. The smallest absolute Gasteiger partial charge is 0.275 e. The Bertz CT molecular complexity index is 672. The first-order chi connectivity index (χ1) is 10.2. The average molecular weight is 319 g/mol. The Morgan fingerprint density at radius 3 is 3.00 bits per heavy atom. The van der Waals surface area contributed by atoms with Crippen molar-refractivity contribution in [1.82, 2.24) is 9.97 Å². The highest BCUT2D eigenvalue weighted by Gasteiger charge is 2.11. The second-order valence-electron chi connectivity index (χ2n) is 3.94. The molecule has 1 aromatic carbocycles. The summed E-state index contributed by atoms with van der Waals surface area (Å²) in [5, 5.41) is 11.9. The Kier molecular flexibility index (Phi) is 5.55. The molecular formula is C14H11ClN4OS.